The molecule has 0 atom stereocenters. The van der Waals surface area contributed by atoms with Gasteiger partial charge in [0.1, 0.15) is 11.9 Å². The van der Waals surface area contributed by atoms with Crippen LogP contribution in [0.2, 0.25) is 0 Å². The average Bonchev–Trinajstić information content (AvgIpc) is 2.48. The largest absolute Gasteiger partial charge is 0.324 e. The molecule has 0 fully saturated rings. The van der Waals surface area contributed by atoms with Gasteiger partial charge in [-0.05, 0) is 24.3 Å². The summed E-state index contributed by atoms with van der Waals surface area (Å²) in [5.74, 6) is 0.286. The van der Waals surface area contributed by atoms with Gasteiger partial charge in [0.2, 0.25) is 0 Å². The molecule has 21 heavy (non-hydrogen) atoms. The van der Waals surface area contributed by atoms with Crippen molar-refractivity contribution in [1.29, 1.82) is 5.26 Å². The lowest BCUT2D eigenvalue weighted by Gasteiger charge is -2.06. The number of amides is 2. The molecule has 0 spiro atoms. The number of anilines is 2. The smallest absolute Gasteiger partial charge is 0.308 e. The molecule has 0 saturated carbocycles. The van der Waals surface area contributed by atoms with Crippen LogP contribution in [0, 0.1) is 21.4 Å². The SMILES string of the molecule is N#Cc1ccc(NC(=O)Nc2ccc([N+](=O)[O-])cc2)nc1. The summed E-state index contributed by atoms with van der Waals surface area (Å²) in [7, 11) is 0. The van der Waals surface area contributed by atoms with Gasteiger partial charge < -0.3 is 5.32 Å². The Hall–Kier alpha value is -3.47. The summed E-state index contributed by atoms with van der Waals surface area (Å²) < 4.78 is 0. The number of carbonyl (C=O) groups is 1. The molecule has 0 aliphatic carbocycles. The third kappa shape index (κ3) is 3.74. The number of nitrogens with zero attached hydrogens (tertiary/aromatic N) is 3. The first kappa shape index (κ1) is 14.0. The first-order valence-electron chi connectivity index (χ1n) is 5.77. The molecule has 0 bridgehead atoms. The molecule has 1 aromatic carbocycles. The van der Waals surface area contributed by atoms with Gasteiger partial charge in [-0.2, -0.15) is 5.26 Å². The minimum atomic E-state index is -0.541. The van der Waals surface area contributed by atoms with Gasteiger partial charge in [-0.25, -0.2) is 9.78 Å². The fourth-order valence-electron chi connectivity index (χ4n) is 1.48. The first-order valence-corrected chi connectivity index (χ1v) is 5.77. The second-order valence-corrected chi connectivity index (χ2v) is 3.93. The second-order valence-electron chi connectivity index (χ2n) is 3.93. The van der Waals surface area contributed by atoms with Crippen molar-refractivity contribution in [2.24, 2.45) is 0 Å². The van der Waals surface area contributed by atoms with Crippen LogP contribution >= 0.6 is 0 Å². The molecule has 8 heteroatoms. The van der Waals surface area contributed by atoms with Crippen LogP contribution in [0.15, 0.2) is 42.6 Å². The second kappa shape index (κ2) is 6.12. The zero-order chi connectivity index (χ0) is 15.2. The molecule has 0 aliphatic heterocycles. The molecule has 0 unspecified atom stereocenters. The van der Waals surface area contributed by atoms with Gasteiger partial charge in [-0.1, -0.05) is 0 Å². The quantitative estimate of drug-likeness (QED) is 0.662. The lowest BCUT2D eigenvalue weighted by molar-refractivity contribution is -0.384. The number of rotatable bonds is 3. The number of urea groups is 1. The maximum absolute atomic E-state index is 11.7. The molecular weight excluding hydrogens is 274 g/mol. The molecule has 2 amide bonds. The first-order chi connectivity index (χ1) is 10.1. The molecule has 2 N–H and O–H groups in total. The zero-order valence-corrected chi connectivity index (χ0v) is 10.6. The Morgan fingerprint density at radius 2 is 1.90 bits per heavy atom. The van der Waals surface area contributed by atoms with E-state index in [1.165, 1.54) is 42.6 Å². The summed E-state index contributed by atoms with van der Waals surface area (Å²) in [6.07, 6.45) is 1.33. The van der Waals surface area contributed by atoms with Gasteiger partial charge in [-0.15, -0.1) is 0 Å². The van der Waals surface area contributed by atoms with Crippen molar-refractivity contribution in [2.45, 2.75) is 0 Å². The number of hydrogen-bond donors (Lipinski definition) is 2. The van der Waals surface area contributed by atoms with Crippen LogP contribution in [-0.2, 0) is 0 Å². The van der Waals surface area contributed by atoms with E-state index in [1.807, 2.05) is 6.07 Å². The van der Waals surface area contributed by atoms with Crippen molar-refractivity contribution < 1.29 is 9.72 Å². The van der Waals surface area contributed by atoms with Gasteiger partial charge in [-0.3, -0.25) is 15.4 Å². The number of nitro benzene ring substituents is 1. The van der Waals surface area contributed by atoms with Crippen molar-refractivity contribution in [2.75, 3.05) is 10.6 Å². The highest BCUT2D eigenvalue weighted by atomic mass is 16.6. The van der Waals surface area contributed by atoms with E-state index in [4.69, 9.17) is 5.26 Å². The molecular formula is C13H9N5O3. The Balaban J connectivity index is 1.97. The Kier molecular flexibility index (Phi) is 4.06. The van der Waals surface area contributed by atoms with E-state index in [0.29, 0.717) is 11.3 Å². The van der Waals surface area contributed by atoms with Crippen molar-refractivity contribution in [3.8, 4) is 6.07 Å². The minimum absolute atomic E-state index is 0.0604. The van der Waals surface area contributed by atoms with Crippen molar-refractivity contribution >= 4 is 23.2 Å². The molecule has 104 valence electrons. The number of nitriles is 1. The van der Waals surface area contributed by atoms with Crippen molar-refractivity contribution in [3.05, 3.63) is 58.3 Å². The fourth-order valence-corrected chi connectivity index (χ4v) is 1.48. The fraction of sp³-hybridized carbons (Fsp3) is 0. The standard InChI is InChI=1S/C13H9N5O3/c14-7-9-1-6-12(15-8-9)17-13(19)16-10-2-4-11(5-3-10)18(20)21/h1-6,8H,(H2,15,16,17,19). The number of hydrogen-bond acceptors (Lipinski definition) is 5. The van der Waals surface area contributed by atoms with Crippen molar-refractivity contribution in [1.82, 2.24) is 4.98 Å². The highest BCUT2D eigenvalue weighted by Crippen LogP contribution is 2.15. The van der Waals surface area contributed by atoms with Crippen LogP contribution in [0.1, 0.15) is 5.56 Å². The topological polar surface area (TPSA) is 121 Å². The van der Waals surface area contributed by atoms with E-state index in [2.05, 4.69) is 15.6 Å². The highest BCUT2D eigenvalue weighted by molar-refractivity contribution is 5.99. The van der Waals surface area contributed by atoms with Crippen LogP contribution in [0.5, 0.6) is 0 Å². The summed E-state index contributed by atoms with van der Waals surface area (Å²) in [6.45, 7) is 0. The summed E-state index contributed by atoms with van der Waals surface area (Å²) in [5, 5.41) is 24.1. The number of non-ortho nitro benzene ring substituents is 1. The van der Waals surface area contributed by atoms with E-state index in [1.54, 1.807) is 0 Å². The Bertz CT molecular complexity index is 704. The molecule has 2 aromatic rings. The predicted molar refractivity (Wildman–Crippen MR) is 74.7 cm³/mol. The molecule has 2 rings (SSSR count). The van der Waals surface area contributed by atoms with E-state index in [-0.39, 0.29) is 11.5 Å². The van der Waals surface area contributed by atoms with E-state index in [0.717, 1.165) is 0 Å². The van der Waals surface area contributed by atoms with Gasteiger partial charge in [0, 0.05) is 24.0 Å². The third-order valence-electron chi connectivity index (χ3n) is 2.47. The van der Waals surface area contributed by atoms with Crippen LogP contribution < -0.4 is 10.6 Å². The summed E-state index contributed by atoms with van der Waals surface area (Å²) in [6, 6.07) is 9.81. The monoisotopic (exact) mass is 283 g/mol. The zero-order valence-electron chi connectivity index (χ0n) is 10.6. The van der Waals surface area contributed by atoms with E-state index < -0.39 is 11.0 Å². The molecule has 0 saturated heterocycles. The Morgan fingerprint density at radius 3 is 2.43 bits per heavy atom. The molecule has 1 aromatic heterocycles. The lowest BCUT2D eigenvalue weighted by Crippen LogP contribution is -2.20. The summed E-state index contributed by atoms with van der Waals surface area (Å²) >= 11 is 0. The van der Waals surface area contributed by atoms with Crippen LogP contribution in [0.25, 0.3) is 0 Å². The van der Waals surface area contributed by atoms with Gasteiger partial charge in [0.05, 0.1) is 10.5 Å². The van der Waals surface area contributed by atoms with E-state index >= 15 is 0 Å². The van der Waals surface area contributed by atoms with E-state index in [9.17, 15) is 14.9 Å². The van der Waals surface area contributed by atoms with Crippen molar-refractivity contribution in [3.63, 3.8) is 0 Å². The number of nitro groups is 1. The van der Waals surface area contributed by atoms with Gasteiger partial charge in [0.15, 0.2) is 0 Å². The third-order valence-corrected chi connectivity index (χ3v) is 2.47. The minimum Gasteiger partial charge on any atom is -0.308 e. The number of benzene rings is 1. The van der Waals surface area contributed by atoms with Crippen LogP contribution in [0.3, 0.4) is 0 Å². The maximum atomic E-state index is 11.7. The van der Waals surface area contributed by atoms with Gasteiger partial charge in [0.25, 0.3) is 5.69 Å². The average molecular weight is 283 g/mol. The number of nitrogens with one attached hydrogen (secondary N) is 2. The maximum Gasteiger partial charge on any atom is 0.324 e. The predicted octanol–water partition coefficient (Wildman–Crippen LogP) is 2.51. The van der Waals surface area contributed by atoms with Crippen LogP contribution in [-0.4, -0.2) is 15.9 Å². The summed E-state index contributed by atoms with van der Waals surface area (Å²) in [4.78, 5) is 25.6. The van der Waals surface area contributed by atoms with Crippen LogP contribution in [0.4, 0.5) is 22.0 Å². The Morgan fingerprint density at radius 1 is 1.19 bits per heavy atom. The number of aromatic nitrogens is 1. The normalized spacial score (nSPS) is 9.48. The highest BCUT2D eigenvalue weighted by Gasteiger charge is 2.07. The molecule has 8 nitrogen and oxygen atoms in total. The summed E-state index contributed by atoms with van der Waals surface area (Å²) in [5.41, 5.74) is 0.734. The lowest BCUT2D eigenvalue weighted by atomic mass is 10.3. The Labute approximate surface area is 119 Å². The molecule has 0 aliphatic rings. The molecule has 1 heterocycles. The van der Waals surface area contributed by atoms with Gasteiger partial charge >= 0.3 is 6.03 Å². The number of pyridine rings is 1. The number of carbonyl (C=O) groups excluding carboxylic acids is 1. The molecule has 0 radical (unpaired) electrons.